The first-order valence-electron chi connectivity index (χ1n) is 7.55. The molecule has 5 nitrogen and oxygen atoms in total. The molecule has 0 unspecified atom stereocenters. The lowest BCUT2D eigenvalue weighted by Gasteiger charge is -2.05. The van der Waals surface area contributed by atoms with Crippen molar-refractivity contribution < 1.29 is 9.72 Å². The molecule has 0 atom stereocenters. The standard InChI is InChI=1S/C19H16N2O3/c1-14(22)19(21(23)24)11-16-13-20(12-15-7-3-2-4-8-15)18-10-6-5-9-17(16)18/h2-11,13H,12H2,1H3/b19-11-. The molecule has 0 aliphatic carbocycles. The Morgan fingerprint density at radius 2 is 1.79 bits per heavy atom. The number of carbonyl (C=O) groups excluding carboxylic acids is 1. The predicted octanol–water partition coefficient (Wildman–Crippen LogP) is 3.90. The maximum atomic E-state index is 11.5. The van der Waals surface area contributed by atoms with Gasteiger partial charge in [-0.25, -0.2) is 0 Å². The van der Waals surface area contributed by atoms with Crippen molar-refractivity contribution in [3.05, 3.63) is 87.7 Å². The number of hydrogen-bond acceptors (Lipinski definition) is 3. The van der Waals surface area contributed by atoms with Crippen molar-refractivity contribution >= 4 is 22.8 Å². The summed E-state index contributed by atoms with van der Waals surface area (Å²) in [5.41, 5.74) is 2.37. The Bertz CT molecular complexity index is 924. The van der Waals surface area contributed by atoms with E-state index in [2.05, 4.69) is 0 Å². The lowest BCUT2D eigenvalue weighted by Crippen LogP contribution is -2.07. The fourth-order valence-electron chi connectivity index (χ4n) is 2.73. The van der Waals surface area contributed by atoms with Gasteiger partial charge in [0.05, 0.1) is 4.92 Å². The second-order valence-electron chi connectivity index (χ2n) is 5.56. The van der Waals surface area contributed by atoms with E-state index < -0.39 is 16.4 Å². The van der Waals surface area contributed by atoms with E-state index in [0.717, 1.165) is 16.5 Å². The number of carbonyl (C=O) groups is 1. The van der Waals surface area contributed by atoms with Gasteiger partial charge in [0.15, 0.2) is 0 Å². The molecule has 120 valence electrons. The van der Waals surface area contributed by atoms with E-state index in [9.17, 15) is 14.9 Å². The third-order valence-corrected chi connectivity index (χ3v) is 3.86. The van der Waals surface area contributed by atoms with Crippen LogP contribution in [0, 0.1) is 10.1 Å². The van der Waals surface area contributed by atoms with Crippen LogP contribution in [-0.2, 0) is 11.3 Å². The number of fused-ring (bicyclic) bond motifs is 1. The average Bonchev–Trinajstić information content (AvgIpc) is 2.91. The lowest BCUT2D eigenvalue weighted by atomic mass is 10.1. The molecule has 24 heavy (non-hydrogen) atoms. The molecule has 3 aromatic rings. The third-order valence-electron chi connectivity index (χ3n) is 3.86. The number of para-hydroxylation sites is 1. The largest absolute Gasteiger partial charge is 0.342 e. The Morgan fingerprint density at radius 3 is 2.46 bits per heavy atom. The Balaban J connectivity index is 2.12. The molecule has 0 fully saturated rings. The maximum Gasteiger partial charge on any atom is 0.312 e. The molecule has 3 rings (SSSR count). The van der Waals surface area contributed by atoms with Gasteiger partial charge >= 0.3 is 5.70 Å². The highest BCUT2D eigenvalue weighted by molar-refractivity contribution is 5.98. The first-order valence-corrected chi connectivity index (χ1v) is 7.55. The molecule has 0 N–H and O–H groups in total. The van der Waals surface area contributed by atoms with E-state index >= 15 is 0 Å². The lowest BCUT2D eigenvalue weighted by molar-refractivity contribution is -0.417. The fourth-order valence-corrected chi connectivity index (χ4v) is 2.73. The zero-order valence-electron chi connectivity index (χ0n) is 13.2. The van der Waals surface area contributed by atoms with Crippen molar-refractivity contribution in [2.24, 2.45) is 0 Å². The fraction of sp³-hybridized carbons (Fsp3) is 0.105. The zero-order valence-corrected chi connectivity index (χ0v) is 13.2. The van der Waals surface area contributed by atoms with Crippen LogP contribution in [0.4, 0.5) is 0 Å². The summed E-state index contributed by atoms with van der Waals surface area (Å²) in [6, 6.07) is 17.6. The first kappa shape index (κ1) is 15.7. The van der Waals surface area contributed by atoms with Crippen LogP contribution in [0.3, 0.4) is 0 Å². The summed E-state index contributed by atoms with van der Waals surface area (Å²) in [5.74, 6) is -0.556. The van der Waals surface area contributed by atoms with Crippen molar-refractivity contribution in [1.29, 1.82) is 0 Å². The molecule has 1 heterocycles. The highest BCUT2D eigenvalue weighted by Gasteiger charge is 2.18. The van der Waals surface area contributed by atoms with Gasteiger partial charge in [-0.15, -0.1) is 0 Å². The molecule has 0 amide bonds. The van der Waals surface area contributed by atoms with Gasteiger partial charge in [-0.1, -0.05) is 48.5 Å². The number of rotatable bonds is 5. The van der Waals surface area contributed by atoms with Gasteiger partial charge in [0.25, 0.3) is 0 Å². The molecule has 0 saturated carbocycles. The van der Waals surface area contributed by atoms with Gasteiger partial charge in [-0.2, -0.15) is 0 Å². The number of aromatic nitrogens is 1. The number of hydrogen-bond donors (Lipinski definition) is 0. The van der Waals surface area contributed by atoms with Gasteiger partial charge in [0.1, 0.15) is 0 Å². The molecule has 0 spiro atoms. The van der Waals surface area contributed by atoms with E-state index in [1.807, 2.05) is 65.4 Å². The minimum Gasteiger partial charge on any atom is -0.342 e. The molecule has 0 aliphatic heterocycles. The molecular formula is C19H16N2O3. The van der Waals surface area contributed by atoms with Crippen LogP contribution in [-0.4, -0.2) is 15.3 Å². The average molecular weight is 320 g/mol. The van der Waals surface area contributed by atoms with Crippen LogP contribution in [0.15, 0.2) is 66.5 Å². The van der Waals surface area contributed by atoms with Crippen LogP contribution >= 0.6 is 0 Å². The summed E-state index contributed by atoms with van der Waals surface area (Å²) < 4.78 is 2.04. The van der Waals surface area contributed by atoms with Crippen LogP contribution in [0.1, 0.15) is 18.1 Å². The van der Waals surface area contributed by atoms with Crippen LogP contribution in [0.5, 0.6) is 0 Å². The third kappa shape index (κ3) is 3.10. The summed E-state index contributed by atoms with van der Waals surface area (Å²) in [6.45, 7) is 1.86. The van der Waals surface area contributed by atoms with Gasteiger partial charge in [-0.3, -0.25) is 14.9 Å². The quantitative estimate of drug-likeness (QED) is 0.407. The van der Waals surface area contributed by atoms with Crippen molar-refractivity contribution in [2.75, 3.05) is 0 Å². The molecule has 0 aliphatic rings. The van der Waals surface area contributed by atoms with Crippen molar-refractivity contribution in [2.45, 2.75) is 13.5 Å². The number of Topliss-reactive ketones (excluding diaryl/α,β-unsaturated/α-hetero) is 1. The second kappa shape index (κ2) is 6.50. The van der Waals surface area contributed by atoms with Crippen molar-refractivity contribution in [1.82, 2.24) is 4.57 Å². The van der Waals surface area contributed by atoms with Crippen molar-refractivity contribution in [3.63, 3.8) is 0 Å². The molecule has 5 heteroatoms. The Labute approximate surface area is 139 Å². The molecule has 1 aromatic heterocycles. The second-order valence-corrected chi connectivity index (χ2v) is 5.56. The Kier molecular flexibility index (Phi) is 4.24. The Hall–Kier alpha value is -3.21. The van der Waals surface area contributed by atoms with Crippen LogP contribution < -0.4 is 0 Å². The summed E-state index contributed by atoms with van der Waals surface area (Å²) in [4.78, 5) is 22.0. The van der Waals surface area contributed by atoms with E-state index in [1.54, 1.807) is 0 Å². The SMILES string of the molecule is CC(=O)/C(=C/c1cn(Cc2ccccc2)c2ccccc12)[N+](=O)[O-]. The number of nitro groups is 1. The smallest absolute Gasteiger partial charge is 0.312 e. The van der Waals surface area contributed by atoms with Gasteiger partial charge < -0.3 is 4.57 Å². The number of ketones is 1. The zero-order chi connectivity index (χ0) is 17.1. The summed E-state index contributed by atoms with van der Waals surface area (Å²) in [7, 11) is 0. The normalized spacial score (nSPS) is 11.6. The number of nitrogens with zero attached hydrogens (tertiary/aromatic N) is 2. The maximum absolute atomic E-state index is 11.5. The monoisotopic (exact) mass is 320 g/mol. The Morgan fingerprint density at radius 1 is 1.12 bits per heavy atom. The molecule has 2 aromatic carbocycles. The topological polar surface area (TPSA) is 65.1 Å². The van der Waals surface area contributed by atoms with E-state index in [0.29, 0.717) is 12.1 Å². The van der Waals surface area contributed by atoms with Crippen molar-refractivity contribution in [3.8, 4) is 0 Å². The minimum atomic E-state index is -0.633. The van der Waals surface area contributed by atoms with Gasteiger partial charge in [0.2, 0.25) is 5.78 Å². The molecule has 0 bridgehead atoms. The first-order chi connectivity index (χ1) is 11.6. The van der Waals surface area contributed by atoms with Crippen LogP contribution in [0.25, 0.3) is 17.0 Å². The van der Waals surface area contributed by atoms with E-state index in [-0.39, 0.29) is 0 Å². The highest BCUT2D eigenvalue weighted by Crippen LogP contribution is 2.24. The summed E-state index contributed by atoms with van der Waals surface area (Å²) in [6.07, 6.45) is 3.20. The molecular weight excluding hydrogens is 304 g/mol. The van der Waals surface area contributed by atoms with Gasteiger partial charge in [-0.05, 0) is 11.6 Å². The summed E-state index contributed by atoms with van der Waals surface area (Å²) >= 11 is 0. The molecule has 0 saturated heterocycles. The molecule has 0 radical (unpaired) electrons. The predicted molar refractivity (Wildman–Crippen MR) is 93.1 cm³/mol. The number of benzene rings is 2. The highest BCUT2D eigenvalue weighted by atomic mass is 16.6. The summed E-state index contributed by atoms with van der Waals surface area (Å²) in [5, 5.41) is 12.0. The minimum absolute atomic E-state index is 0.405. The van der Waals surface area contributed by atoms with Crippen LogP contribution in [0.2, 0.25) is 0 Å². The van der Waals surface area contributed by atoms with E-state index in [4.69, 9.17) is 0 Å². The van der Waals surface area contributed by atoms with E-state index in [1.165, 1.54) is 13.0 Å². The van der Waals surface area contributed by atoms with Gasteiger partial charge in [0, 0.05) is 42.2 Å². The number of allylic oxidation sites excluding steroid dienone is 1.